The summed E-state index contributed by atoms with van der Waals surface area (Å²) >= 11 is 0. The van der Waals surface area contributed by atoms with Gasteiger partial charge in [0.2, 0.25) is 0 Å². The van der Waals surface area contributed by atoms with E-state index in [1.165, 1.54) is 11.3 Å². The van der Waals surface area contributed by atoms with Crippen molar-refractivity contribution in [2.45, 2.75) is 38.6 Å². The number of benzene rings is 1. The molecule has 0 amide bonds. The number of anilines is 1. The maximum atomic E-state index is 6.00. The van der Waals surface area contributed by atoms with E-state index in [-0.39, 0.29) is 24.0 Å². The Morgan fingerprint density at radius 1 is 1.33 bits per heavy atom. The number of piperidine rings is 1. The molecule has 166 valence electrons. The number of guanidine groups is 1. The Morgan fingerprint density at radius 2 is 2.13 bits per heavy atom. The van der Waals surface area contributed by atoms with Crippen LogP contribution in [-0.2, 0) is 7.05 Å². The molecule has 1 aromatic carbocycles. The number of aryl methyl sites for hydroxylation is 1. The van der Waals surface area contributed by atoms with Crippen LogP contribution < -0.4 is 20.3 Å². The fourth-order valence-electron chi connectivity index (χ4n) is 3.71. The molecular formula is C22H35IN6O. The van der Waals surface area contributed by atoms with Crippen molar-refractivity contribution >= 4 is 35.6 Å². The topological polar surface area (TPSA) is 66.7 Å². The van der Waals surface area contributed by atoms with Gasteiger partial charge in [-0.1, -0.05) is 32.0 Å². The number of aromatic nitrogens is 2. The molecule has 2 heterocycles. The van der Waals surface area contributed by atoms with Crippen molar-refractivity contribution in [1.29, 1.82) is 0 Å². The molecule has 2 N–H and O–H groups in total. The Kier molecular flexibility index (Phi) is 9.74. The highest BCUT2D eigenvalue weighted by molar-refractivity contribution is 14.0. The van der Waals surface area contributed by atoms with Gasteiger partial charge in [-0.15, -0.1) is 24.0 Å². The van der Waals surface area contributed by atoms with Gasteiger partial charge in [0.25, 0.3) is 0 Å². The quantitative estimate of drug-likeness (QED) is 0.251. The number of para-hydroxylation sites is 1. The fraction of sp³-hybridized carbons (Fsp3) is 0.545. The molecule has 1 atom stereocenters. The first-order valence-electron chi connectivity index (χ1n) is 10.5. The smallest absolute Gasteiger partial charge is 0.191 e. The molecule has 3 rings (SSSR count). The summed E-state index contributed by atoms with van der Waals surface area (Å²) in [4.78, 5) is 6.76. The summed E-state index contributed by atoms with van der Waals surface area (Å²) in [5.74, 6) is 2.23. The summed E-state index contributed by atoms with van der Waals surface area (Å²) < 4.78 is 7.85. The molecule has 8 heteroatoms. The van der Waals surface area contributed by atoms with Crippen molar-refractivity contribution in [2.24, 2.45) is 12.0 Å². The van der Waals surface area contributed by atoms with Crippen molar-refractivity contribution in [3.63, 3.8) is 0 Å². The lowest BCUT2D eigenvalue weighted by molar-refractivity contribution is 0.317. The monoisotopic (exact) mass is 526 g/mol. The van der Waals surface area contributed by atoms with Crippen LogP contribution in [0.4, 0.5) is 5.69 Å². The SMILES string of the molecule is CN=C(NCCOc1ccccc1C(C)C)NC1CCCN(c2cnn(C)c2)C1.I. The van der Waals surface area contributed by atoms with E-state index in [0.29, 0.717) is 25.1 Å². The average Bonchev–Trinajstić information content (AvgIpc) is 3.17. The van der Waals surface area contributed by atoms with Crippen LogP contribution in [0.15, 0.2) is 41.7 Å². The zero-order valence-electron chi connectivity index (χ0n) is 18.5. The Hall–Kier alpha value is -1.97. The van der Waals surface area contributed by atoms with E-state index in [1.807, 2.05) is 37.1 Å². The summed E-state index contributed by atoms with van der Waals surface area (Å²) in [5.41, 5.74) is 2.42. The number of halogens is 1. The van der Waals surface area contributed by atoms with Crippen LogP contribution in [0.5, 0.6) is 5.75 Å². The van der Waals surface area contributed by atoms with Crippen LogP contribution in [0.3, 0.4) is 0 Å². The molecule has 7 nitrogen and oxygen atoms in total. The van der Waals surface area contributed by atoms with E-state index < -0.39 is 0 Å². The van der Waals surface area contributed by atoms with E-state index in [9.17, 15) is 0 Å². The van der Waals surface area contributed by atoms with Crippen LogP contribution in [0.25, 0.3) is 0 Å². The van der Waals surface area contributed by atoms with E-state index in [4.69, 9.17) is 4.74 Å². The van der Waals surface area contributed by atoms with Gasteiger partial charge in [-0.3, -0.25) is 9.67 Å². The van der Waals surface area contributed by atoms with Crippen molar-refractivity contribution in [3.8, 4) is 5.75 Å². The first kappa shape index (κ1) is 24.3. The maximum Gasteiger partial charge on any atom is 0.191 e. The van der Waals surface area contributed by atoms with Crippen LogP contribution in [0.1, 0.15) is 38.2 Å². The Balaban J connectivity index is 0.00000320. The van der Waals surface area contributed by atoms with Gasteiger partial charge in [0, 0.05) is 39.4 Å². The first-order valence-corrected chi connectivity index (χ1v) is 10.5. The van der Waals surface area contributed by atoms with Crippen LogP contribution >= 0.6 is 24.0 Å². The molecule has 1 fully saturated rings. The van der Waals surface area contributed by atoms with E-state index in [1.54, 1.807) is 0 Å². The van der Waals surface area contributed by atoms with Gasteiger partial charge in [-0.2, -0.15) is 5.10 Å². The molecule has 1 aliphatic heterocycles. The minimum atomic E-state index is 0. The predicted molar refractivity (Wildman–Crippen MR) is 134 cm³/mol. The van der Waals surface area contributed by atoms with Crippen molar-refractivity contribution in [2.75, 3.05) is 38.2 Å². The number of aliphatic imine (C=N–C) groups is 1. The average molecular weight is 526 g/mol. The van der Waals surface area contributed by atoms with Crippen LogP contribution in [0.2, 0.25) is 0 Å². The second-order valence-corrected chi connectivity index (χ2v) is 7.84. The third-order valence-corrected chi connectivity index (χ3v) is 5.24. The molecule has 0 saturated carbocycles. The fourth-order valence-corrected chi connectivity index (χ4v) is 3.71. The lowest BCUT2D eigenvalue weighted by Gasteiger charge is -2.34. The highest BCUT2D eigenvalue weighted by Gasteiger charge is 2.21. The molecule has 1 aromatic heterocycles. The van der Waals surface area contributed by atoms with Crippen LogP contribution in [0, 0.1) is 0 Å². The highest BCUT2D eigenvalue weighted by Crippen LogP contribution is 2.25. The predicted octanol–water partition coefficient (Wildman–Crippen LogP) is 3.37. The van der Waals surface area contributed by atoms with Gasteiger partial charge in [-0.05, 0) is 30.4 Å². The van der Waals surface area contributed by atoms with Gasteiger partial charge in [0.15, 0.2) is 5.96 Å². The van der Waals surface area contributed by atoms with Crippen molar-refractivity contribution in [1.82, 2.24) is 20.4 Å². The van der Waals surface area contributed by atoms with Crippen molar-refractivity contribution < 1.29 is 4.74 Å². The van der Waals surface area contributed by atoms with E-state index in [0.717, 1.165) is 37.6 Å². The van der Waals surface area contributed by atoms with Crippen molar-refractivity contribution in [3.05, 3.63) is 42.2 Å². The Morgan fingerprint density at radius 3 is 2.83 bits per heavy atom. The third kappa shape index (κ3) is 6.78. The standard InChI is InChI=1S/C22H34N6O.HI/c1-17(2)20-9-5-6-10-21(20)29-13-11-24-22(23-3)26-18-8-7-12-28(15-18)19-14-25-27(4)16-19;/h5-6,9-10,14,16-18H,7-8,11-13,15H2,1-4H3,(H2,23,24,26);1H. The summed E-state index contributed by atoms with van der Waals surface area (Å²) in [7, 11) is 3.77. The molecule has 1 saturated heterocycles. The molecular weight excluding hydrogens is 491 g/mol. The lowest BCUT2D eigenvalue weighted by Crippen LogP contribution is -2.51. The number of hydrogen-bond acceptors (Lipinski definition) is 4. The largest absolute Gasteiger partial charge is 0.491 e. The molecule has 1 unspecified atom stereocenters. The van der Waals surface area contributed by atoms with Gasteiger partial charge >= 0.3 is 0 Å². The second kappa shape index (κ2) is 12.0. The number of nitrogens with zero attached hydrogens (tertiary/aromatic N) is 4. The minimum Gasteiger partial charge on any atom is -0.491 e. The van der Waals surface area contributed by atoms with Gasteiger partial charge in [0.1, 0.15) is 12.4 Å². The second-order valence-electron chi connectivity index (χ2n) is 7.84. The summed E-state index contributed by atoms with van der Waals surface area (Å²) in [6.45, 7) is 7.68. The van der Waals surface area contributed by atoms with Gasteiger partial charge in [-0.25, -0.2) is 0 Å². The third-order valence-electron chi connectivity index (χ3n) is 5.24. The molecule has 0 bridgehead atoms. The molecule has 30 heavy (non-hydrogen) atoms. The van der Waals surface area contributed by atoms with E-state index >= 15 is 0 Å². The summed E-state index contributed by atoms with van der Waals surface area (Å²) in [6.07, 6.45) is 6.29. The zero-order valence-corrected chi connectivity index (χ0v) is 20.8. The van der Waals surface area contributed by atoms with Gasteiger partial charge < -0.3 is 20.3 Å². The van der Waals surface area contributed by atoms with Crippen LogP contribution in [-0.4, -0.2) is 55.1 Å². The summed E-state index contributed by atoms with van der Waals surface area (Å²) in [5, 5.41) is 11.2. The number of ether oxygens (including phenoxy) is 1. The maximum absolute atomic E-state index is 6.00. The number of nitrogens with one attached hydrogen (secondary N) is 2. The van der Waals surface area contributed by atoms with Gasteiger partial charge in [0.05, 0.1) is 18.4 Å². The molecule has 2 aromatic rings. The first-order chi connectivity index (χ1) is 14.1. The molecule has 0 aliphatic carbocycles. The lowest BCUT2D eigenvalue weighted by atomic mass is 10.0. The van der Waals surface area contributed by atoms with E-state index in [2.05, 4.69) is 57.8 Å². The Labute approximate surface area is 197 Å². The highest BCUT2D eigenvalue weighted by atomic mass is 127. The summed E-state index contributed by atoms with van der Waals surface area (Å²) in [6, 6.07) is 8.61. The number of hydrogen-bond donors (Lipinski definition) is 2. The molecule has 0 radical (unpaired) electrons. The minimum absolute atomic E-state index is 0. The Bertz CT molecular complexity index is 806. The number of rotatable bonds is 7. The molecule has 1 aliphatic rings. The normalized spacial score (nSPS) is 16.9. The molecule has 0 spiro atoms. The zero-order chi connectivity index (χ0) is 20.6.